The second-order valence-corrected chi connectivity index (χ2v) is 8.92. The Hall–Kier alpha value is -3.38. The molecule has 0 amide bonds. The van der Waals surface area contributed by atoms with E-state index in [-0.39, 0.29) is 22.7 Å². The van der Waals surface area contributed by atoms with Gasteiger partial charge in [-0.05, 0) is 43.2 Å². The highest BCUT2D eigenvalue weighted by atomic mass is 32.2. The SMILES string of the molecule is O=C(CNc1ccc([N+](=O)[O-])cc1[N+](=O)[O-])c1ccc(S(=O)(=O)N2CCCCC2)cc1. The number of nitrogens with one attached hydrogen (secondary N) is 1. The van der Waals surface area contributed by atoms with Gasteiger partial charge in [0.05, 0.1) is 27.4 Å². The van der Waals surface area contributed by atoms with Gasteiger partial charge < -0.3 is 5.32 Å². The fourth-order valence-electron chi connectivity index (χ4n) is 3.28. The zero-order chi connectivity index (χ0) is 22.6. The van der Waals surface area contributed by atoms with Gasteiger partial charge in [-0.25, -0.2) is 8.42 Å². The number of carbonyl (C=O) groups excluding carboxylic acids is 1. The van der Waals surface area contributed by atoms with Gasteiger partial charge in [0, 0.05) is 24.7 Å². The van der Waals surface area contributed by atoms with Crippen LogP contribution in [0.5, 0.6) is 0 Å². The van der Waals surface area contributed by atoms with Crippen molar-refractivity contribution in [3.63, 3.8) is 0 Å². The Bertz CT molecular complexity index is 1110. The minimum absolute atomic E-state index is 0.0340. The van der Waals surface area contributed by atoms with Gasteiger partial charge >= 0.3 is 0 Å². The molecule has 12 heteroatoms. The summed E-state index contributed by atoms with van der Waals surface area (Å²) in [5.74, 6) is -0.422. The number of Topliss-reactive ketones (excluding diaryl/α,β-unsaturated/α-hetero) is 1. The zero-order valence-electron chi connectivity index (χ0n) is 16.4. The molecule has 0 bridgehead atoms. The highest BCUT2D eigenvalue weighted by Crippen LogP contribution is 2.29. The molecule has 164 valence electrons. The zero-order valence-corrected chi connectivity index (χ0v) is 17.2. The molecule has 0 aliphatic carbocycles. The van der Waals surface area contributed by atoms with E-state index in [1.165, 1.54) is 28.6 Å². The molecule has 0 aromatic heterocycles. The maximum atomic E-state index is 12.7. The van der Waals surface area contributed by atoms with Crippen LogP contribution in [0.2, 0.25) is 0 Å². The van der Waals surface area contributed by atoms with Crippen molar-refractivity contribution in [2.45, 2.75) is 24.2 Å². The Morgan fingerprint density at radius 1 is 0.968 bits per heavy atom. The van der Waals surface area contributed by atoms with Crippen molar-refractivity contribution in [1.29, 1.82) is 0 Å². The smallest absolute Gasteiger partial charge is 0.299 e. The van der Waals surface area contributed by atoms with E-state index in [1.807, 2.05) is 0 Å². The summed E-state index contributed by atoms with van der Waals surface area (Å²) in [6.45, 7) is 0.638. The molecule has 3 rings (SSSR count). The summed E-state index contributed by atoms with van der Waals surface area (Å²) in [4.78, 5) is 33.0. The van der Waals surface area contributed by atoms with E-state index in [2.05, 4.69) is 5.32 Å². The molecule has 1 N–H and O–H groups in total. The van der Waals surface area contributed by atoms with Crippen molar-refractivity contribution in [3.05, 3.63) is 68.3 Å². The molecule has 0 unspecified atom stereocenters. The van der Waals surface area contributed by atoms with Gasteiger partial charge in [0.15, 0.2) is 5.78 Å². The Labute approximate surface area is 178 Å². The second kappa shape index (κ2) is 9.18. The third-order valence-electron chi connectivity index (χ3n) is 4.96. The molecule has 0 atom stereocenters. The van der Waals surface area contributed by atoms with Crippen LogP contribution in [0.15, 0.2) is 47.4 Å². The number of piperidine rings is 1. The molecule has 11 nitrogen and oxygen atoms in total. The molecule has 2 aromatic rings. The number of ketones is 1. The van der Waals surface area contributed by atoms with Crippen molar-refractivity contribution in [3.8, 4) is 0 Å². The van der Waals surface area contributed by atoms with Crippen molar-refractivity contribution in [1.82, 2.24) is 4.31 Å². The van der Waals surface area contributed by atoms with E-state index in [0.29, 0.717) is 13.1 Å². The largest absolute Gasteiger partial charge is 0.372 e. The number of hydrogen-bond acceptors (Lipinski definition) is 8. The van der Waals surface area contributed by atoms with Gasteiger partial charge in [-0.3, -0.25) is 25.0 Å². The predicted octanol–water partition coefficient (Wildman–Crippen LogP) is 2.97. The summed E-state index contributed by atoms with van der Waals surface area (Å²) >= 11 is 0. The third-order valence-corrected chi connectivity index (χ3v) is 6.87. The maximum absolute atomic E-state index is 12.7. The second-order valence-electron chi connectivity index (χ2n) is 6.98. The molecule has 0 spiro atoms. The van der Waals surface area contributed by atoms with Gasteiger partial charge in [0.1, 0.15) is 5.69 Å². The van der Waals surface area contributed by atoms with Crippen molar-refractivity contribution in [2.24, 2.45) is 0 Å². The van der Waals surface area contributed by atoms with Gasteiger partial charge in [-0.1, -0.05) is 6.42 Å². The first kappa shape index (κ1) is 22.3. The number of rotatable bonds is 8. The number of nitro groups is 2. The average Bonchev–Trinajstić information content (AvgIpc) is 2.77. The lowest BCUT2D eigenvalue weighted by Gasteiger charge is -2.25. The highest BCUT2D eigenvalue weighted by Gasteiger charge is 2.26. The molecular weight excluding hydrogens is 428 g/mol. The molecule has 2 aromatic carbocycles. The van der Waals surface area contributed by atoms with E-state index in [1.54, 1.807) is 0 Å². The summed E-state index contributed by atoms with van der Waals surface area (Å²) in [6.07, 6.45) is 2.63. The molecule has 1 heterocycles. The van der Waals surface area contributed by atoms with Crippen LogP contribution < -0.4 is 5.32 Å². The molecule has 1 saturated heterocycles. The first-order valence-corrected chi connectivity index (χ1v) is 10.9. The predicted molar refractivity (Wildman–Crippen MR) is 112 cm³/mol. The van der Waals surface area contributed by atoms with E-state index in [9.17, 15) is 33.4 Å². The molecule has 1 aliphatic rings. The monoisotopic (exact) mass is 448 g/mol. The minimum Gasteiger partial charge on any atom is -0.372 e. The normalized spacial score (nSPS) is 14.7. The minimum atomic E-state index is -3.61. The van der Waals surface area contributed by atoms with Crippen LogP contribution >= 0.6 is 0 Å². The number of nitrogens with zero attached hydrogens (tertiary/aromatic N) is 3. The standard InChI is InChI=1S/C19H20N4O7S/c24-19(13-20-17-9-6-15(22(25)26)12-18(17)23(27)28)14-4-7-16(8-5-14)31(29,30)21-10-2-1-3-11-21/h4-9,12,20H,1-3,10-11,13H2. The Kier molecular flexibility index (Phi) is 6.61. The quantitative estimate of drug-likeness (QED) is 0.367. The van der Waals surface area contributed by atoms with Gasteiger partial charge in [-0.15, -0.1) is 0 Å². The first-order valence-electron chi connectivity index (χ1n) is 9.50. The fraction of sp³-hybridized carbons (Fsp3) is 0.316. The van der Waals surface area contributed by atoms with Gasteiger partial charge in [-0.2, -0.15) is 4.31 Å². The number of anilines is 1. The number of carbonyl (C=O) groups is 1. The summed E-state index contributed by atoms with van der Waals surface area (Å²) in [5.41, 5.74) is -0.762. The fourth-order valence-corrected chi connectivity index (χ4v) is 4.80. The van der Waals surface area contributed by atoms with Crippen molar-refractivity contribution >= 4 is 32.9 Å². The van der Waals surface area contributed by atoms with Crippen LogP contribution in [0, 0.1) is 20.2 Å². The number of nitro benzene ring substituents is 2. The molecule has 0 radical (unpaired) electrons. The van der Waals surface area contributed by atoms with Gasteiger partial charge in [0.2, 0.25) is 10.0 Å². The van der Waals surface area contributed by atoms with Crippen LogP contribution in [-0.4, -0.2) is 48.0 Å². The van der Waals surface area contributed by atoms with Crippen LogP contribution in [0.3, 0.4) is 0 Å². The van der Waals surface area contributed by atoms with Crippen LogP contribution in [-0.2, 0) is 10.0 Å². The van der Waals surface area contributed by atoms with Crippen molar-refractivity contribution < 1.29 is 23.1 Å². The summed E-state index contributed by atoms with van der Waals surface area (Å²) in [7, 11) is -3.61. The van der Waals surface area contributed by atoms with Crippen LogP contribution in [0.4, 0.5) is 17.1 Å². The average molecular weight is 448 g/mol. The van der Waals surface area contributed by atoms with Crippen molar-refractivity contribution in [2.75, 3.05) is 25.0 Å². The van der Waals surface area contributed by atoms with Crippen LogP contribution in [0.25, 0.3) is 0 Å². The maximum Gasteiger partial charge on any atom is 0.299 e. The molecule has 0 saturated carbocycles. The lowest BCUT2D eigenvalue weighted by atomic mass is 10.1. The third kappa shape index (κ3) is 5.03. The van der Waals surface area contributed by atoms with Gasteiger partial charge in [0.25, 0.3) is 11.4 Å². The Morgan fingerprint density at radius 3 is 2.19 bits per heavy atom. The molecule has 1 aliphatic heterocycles. The number of sulfonamides is 1. The Morgan fingerprint density at radius 2 is 1.61 bits per heavy atom. The summed E-state index contributed by atoms with van der Waals surface area (Å²) in [6, 6.07) is 8.60. The summed E-state index contributed by atoms with van der Waals surface area (Å²) < 4.78 is 26.8. The number of benzene rings is 2. The van der Waals surface area contributed by atoms with E-state index >= 15 is 0 Å². The van der Waals surface area contributed by atoms with E-state index < -0.39 is 37.0 Å². The highest BCUT2D eigenvalue weighted by molar-refractivity contribution is 7.89. The Balaban J connectivity index is 1.70. The molecular formula is C19H20N4O7S. The lowest BCUT2D eigenvalue weighted by Crippen LogP contribution is -2.35. The number of non-ortho nitro benzene ring substituents is 1. The first-order chi connectivity index (χ1) is 14.7. The van der Waals surface area contributed by atoms with E-state index in [0.717, 1.165) is 37.5 Å². The number of hydrogen-bond donors (Lipinski definition) is 1. The summed E-state index contributed by atoms with van der Waals surface area (Å²) in [5, 5.41) is 24.6. The topological polar surface area (TPSA) is 153 Å². The van der Waals surface area contributed by atoms with E-state index in [4.69, 9.17) is 0 Å². The molecule has 1 fully saturated rings. The lowest BCUT2D eigenvalue weighted by molar-refractivity contribution is -0.393. The molecule has 31 heavy (non-hydrogen) atoms. The van der Waals surface area contributed by atoms with Crippen LogP contribution in [0.1, 0.15) is 29.6 Å².